The van der Waals surface area contributed by atoms with Crippen LogP contribution in [0.25, 0.3) is 11.5 Å². The molecule has 7 nitrogen and oxygen atoms in total. The van der Waals surface area contributed by atoms with Gasteiger partial charge in [0.05, 0.1) is 23.5 Å². The quantitative estimate of drug-likeness (QED) is 0.723. The van der Waals surface area contributed by atoms with E-state index in [4.69, 9.17) is 9.15 Å². The van der Waals surface area contributed by atoms with Crippen molar-refractivity contribution in [1.82, 2.24) is 4.98 Å². The highest BCUT2D eigenvalue weighted by Crippen LogP contribution is 2.35. The van der Waals surface area contributed by atoms with Crippen molar-refractivity contribution in [3.63, 3.8) is 0 Å². The van der Waals surface area contributed by atoms with Gasteiger partial charge in [-0.25, -0.2) is 9.37 Å². The molecule has 0 aliphatic carbocycles. The van der Waals surface area contributed by atoms with E-state index in [2.05, 4.69) is 15.6 Å². The summed E-state index contributed by atoms with van der Waals surface area (Å²) < 4.78 is 24.1. The molecule has 0 unspecified atom stereocenters. The monoisotopic (exact) mass is 381 g/mol. The van der Waals surface area contributed by atoms with Gasteiger partial charge < -0.3 is 19.8 Å². The van der Waals surface area contributed by atoms with Crippen molar-refractivity contribution in [2.45, 2.75) is 13.3 Å². The molecule has 3 aromatic rings. The number of oxazole rings is 1. The second kappa shape index (κ2) is 7.15. The maximum absolute atomic E-state index is 13.1. The molecule has 1 aromatic heterocycles. The molecule has 142 valence electrons. The van der Waals surface area contributed by atoms with Crippen molar-refractivity contribution in [1.29, 1.82) is 0 Å². The number of nitrogens with zero attached hydrogens (tertiary/aromatic N) is 1. The second-order valence-corrected chi connectivity index (χ2v) is 6.27. The van der Waals surface area contributed by atoms with Gasteiger partial charge >= 0.3 is 0 Å². The lowest BCUT2D eigenvalue weighted by molar-refractivity contribution is -0.118. The summed E-state index contributed by atoms with van der Waals surface area (Å²) in [5.41, 5.74) is 2.07. The third-order valence-corrected chi connectivity index (χ3v) is 4.22. The number of halogens is 1. The van der Waals surface area contributed by atoms with E-state index in [-0.39, 0.29) is 30.7 Å². The Balaban J connectivity index is 1.50. The van der Waals surface area contributed by atoms with Crippen LogP contribution in [-0.2, 0) is 16.0 Å². The predicted octanol–water partition coefficient (Wildman–Crippen LogP) is 3.30. The summed E-state index contributed by atoms with van der Waals surface area (Å²) in [6.07, 6.45) is -0.00739. The Morgan fingerprint density at radius 3 is 2.82 bits per heavy atom. The van der Waals surface area contributed by atoms with Crippen molar-refractivity contribution in [3.8, 4) is 17.2 Å². The first-order chi connectivity index (χ1) is 13.5. The molecule has 0 saturated carbocycles. The Hall–Kier alpha value is -3.68. The Kier molecular flexibility index (Phi) is 4.52. The second-order valence-electron chi connectivity index (χ2n) is 6.27. The minimum atomic E-state index is -0.351. The van der Waals surface area contributed by atoms with Crippen molar-refractivity contribution >= 4 is 23.2 Å². The minimum Gasteiger partial charge on any atom is -0.479 e. The summed E-state index contributed by atoms with van der Waals surface area (Å²) >= 11 is 0. The van der Waals surface area contributed by atoms with Crippen molar-refractivity contribution < 1.29 is 23.1 Å². The summed E-state index contributed by atoms with van der Waals surface area (Å²) in [4.78, 5) is 28.3. The number of ether oxygens (including phenoxy) is 1. The number of para-hydroxylation sites is 1. The molecule has 0 saturated heterocycles. The molecule has 0 bridgehead atoms. The van der Waals surface area contributed by atoms with E-state index in [1.807, 2.05) is 0 Å². The maximum Gasteiger partial charge on any atom is 0.262 e. The maximum atomic E-state index is 13.1. The number of fused-ring (bicyclic) bond motifs is 1. The molecular formula is C20H16FN3O4. The lowest BCUT2D eigenvalue weighted by atomic mass is 10.2. The molecule has 2 amide bonds. The third kappa shape index (κ3) is 3.57. The fourth-order valence-electron chi connectivity index (χ4n) is 2.87. The van der Waals surface area contributed by atoms with Gasteiger partial charge in [0.15, 0.2) is 12.4 Å². The smallest absolute Gasteiger partial charge is 0.262 e. The molecule has 1 aliphatic rings. The molecule has 0 fully saturated rings. The van der Waals surface area contributed by atoms with Gasteiger partial charge in [-0.1, -0.05) is 6.07 Å². The number of carbonyl (C=O) groups excluding carboxylic acids is 2. The SMILES string of the molecule is Cc1oc(-c2ccc(F)cc2)nc1CC(=O)Nc1cccc2c1OCC(=O)N2. The number of hydrogen-bond acceptors (Lipinski definition) is 5. The van der Waals surface area contributed by atoms with Crippen LogP contribution in [0, 0.1) is 12.7 Å². The van der Waals surface area contributed by atoms with Crippen LogP contribution >= 0.6 is 0 Å². The van der Waals surface area contributed by atoms with Gasteiger partial charge in [-0.15, -0.1) is 0 Å². The summed E-state index contributed by atoms with van der Waals surface area (Å²) in [5, 5.41) is 5.46. The molecule has 2 N–H and O–H groups in total. The van der Waals surface area contributed by atoms with Crippen LogP contribution in [0.15, 0.2) is 46.9 Å². The lowest BCUT2D eigenvalue weighted by Gasteiger charge is -2.20. The van der Waals surface area contributed by atoms with E-state index in [1.165, 1.54) is 12.1 Å². The molecule has 0 radical (unpaired) electrons. The molecule has 0 atom stereocenters. The first-order valence-corrected chi connectivity index (χ1v) is 8.57. The van der Waals surface area contributed by atoms with Crippen molar-refractivity contribution in [2.75, 3.05) is 17.2 Å². The normalized spacial score (nSPS) is 12.7. The first kappa shape index (κ1) is 17.7. The predicted molar refractivity (Wildman–Crippen MR) is 99.5 cm³/mol. The molecule has 1 aliphatic heterocycles. The molecule has 0 spiro atoms. The number of carbonyl (C=O) groups is 2. The summed E-state index contributed by atoms with van der Waals surface area (Å²) in [5.74, 6) is 0.338. The van der Waals surface area contributed by atoms with Gasteiger partial charge in [-0.3, -0.25) is 9.59 Å². The number of rotatable bonds is 4. The number of anilines is 2. The number of aromatic nitrogens is 1. The average Bonchev–Trinajstić information content (AvgIpc) is 3.02. The number of amides is 2. The standard InChI is InChI=1S/C20H16FN3O4/c1-11-16(24-20(28-11)12-5-7-13(21)8-6-12)9-17(25)22-14-3-2-4-15-19(14)27-10-18(26)23-15/h2-8H,9-10H2,1H3,(H,22,25)(H,23,26). The van der Waals surface area contributed by atoms with Crippen LogP contribution in [0.4, 0.5) is 15.8 Å². The van der Waals surface area contributed by atoms with E-state index < -0.39 is 0 Å². The molecule has 28 heavy (non-hydrogen) atoms. The van der Waals surface area contributed by atoms with Crippen LogP contribution in [0.2, 0.25) is 0 Å². The van der Waals surface area contributed by atoms with E-state index in [0.29, 0.717) is 40.0 Å². The Morgan fingerprint density at radius 2 is 2.04 bits per heavy atom. The highest BCUT2D eigenvalue weighted by atomic mass is 19.1. The Labute approximate surface area is 159 Å². The number of benzene rings is 2. The lowest BCUT2D eigenvalue weighted by Crippen LogP contribution is -2.26. The zero-order valence-corrected chi connectivity index (χ0v) is 14.9. The fourth-order valence-corrected chi connectivity index (χ4v) is 2.87. The van der Waals surface area contributed by atoms with Gasteiger partial charge in [0, 0.05) is 5.56 Å². The number of aryl methyl sites for hydroxylation is 1. The molecular weight excluding hydrogens is 365 g/mol. The van der Waals surface area contributed by atoms with Crippen LogP contribution in [0.5, 0.6) is 5.75 Å². The van der Waals surface area contributed by atoms with E-state index in [1.54, 1.807) is 37.3 Å². The summed E-state index contributed by atoms with van der Waals surface area (Å²) in [6.45, 7) is 1.61. The van der Waals surface area contributed by atoms with Gasteiger partial charge in [0.1, 0.15) is 11.6 Å². The number of nitrogens with one attached hydrogen (secondary N) is 2. The van der Waals surface area contributed by atoms with Gasteiger partial charge in [0.25, 0.3) is 5.91 Å². The molecule has 2 aromatic carbocycles. The van der Waals surface area contributed by atoms with Crippen LogP contribution in [-0.4, -0.2) is 23.4 Å². The first-order valence-electron chi connectivity index (χ1n) is 8.57. The zero-order chi connectivity index (χ0) is 19.7. The Morgan fingerprint density at radius 1 is 1.25 bits per heavy atom. The van der Waals surface area contributed by atoms with Gasteiger partial charge in [-0.05, 0) is 43.3 Å². The number of hydrogen-bond donors (Lipinski definition) is 2. The van der Waals surface area contributed by atoms with Crippen LogP contribution in [0.3, 0.4) is 0 Å². The summed E-state index contributed by atoms with van der Waals surface area (Å²) in [7, 11) is 0. The topological polar surface area (TPSA) is 93.5 Å². The van der Waals surface area contributed by atoms with Crippen LogP contribution in [0.1, 0.15) is 11.5 Å². The third-order valence-electron chi connectivity index (χ3n) is 4.22. The minimum absolute atomic E-state index is 0.00739. The molecule has 4 rings (SSSR count). The molecule has 8 heteroatoms. The summed E-state index contributed by atoms with van der Waals surface area (Å²) in [6, 6.07) is 10.8. The largest absolute Gasteiger partial charge is 0.479 e. The zero-order valence-electron chi connectivity index (χ0n) is 14.9. The van der Waals surface area contributed by atoms with Crippen molar-refractivity contribution in [3.05, 3.63) is 59.7 Å². The van der Waals surface area contributed by atoms with Crippen molar-refractivity contribution in [2.24, 2.45) is 0 Å². The van der Waals surface area contributed by atoms with Crippen LogP contribution < -0.4 is 15.4 Å². The van der Waals surface area contributed by atoms with Gasteiger partial charge in [0.2, 0.25) is 11.8 Å². The van der Waals surface area contributed by atoms with Gasteiger partial charge in [-0.2, -0.15) is 0 Å². The highest BCUT2D eigenvalue weighted by molar-refractivity contribution is 6.00. The fraction of sp³-hybridized carbons (Fsp3) is 0.150. The van der Waals surface area contributed by atoms with E-state index in [0.717, 1.165) is 0 Å². The van der Waals surface area contributed by atoms with E-state index >= 15 is 0 Å². The average molecular weight is 381 g/mol. The van der Waals surface area contributed by atoms with E-state index in [9.17, 15) is 14.0 Å². The Bertz CT molecular complexity index is 1060. The highest BCUT2D eigenvalue weighted by Gasteiger charge is 2.21. The molecule has 2 heterocycles.